The molecule has 4 nitrogen and oxygen atoms in total. The van der Waals surface area contributed by atoms with Crippen molar-refractivity contribution in [3.8, 4) is 11.5 Å². The number of carbonyl (C=O) groups excluding carboxylic acids is 1. The molecule has 0 fully saturated rings. The van der Waals surface area contributed by atoms with Crippen LogP contribution >= 0.6 is 0 Å². The Balaban J connectivity index is 2.86. The number of esters is 1. The summed E-state index contributed by atoms with van der Waals surface area (Å²) in [4.78, 5) is 11.3. The monoisotopic (exact) mass is 278 g/mol. The zero-order valence-electron chi connectivity index (χ0n) is 10.4. The third-order valence-electron chi connectivity index (χ3n) is 2.11. The van der Waals surface area contributed by atoms with Crippen LogP contribution in [-0.4, -0.2) is 26.0 Å². The Morgan fingerprint density at radius 3 is 2.47 bits per heavy atom. The number of benzene rings is 1. The first-order valence-corrected chi connectivity index (χ1v) is 5.44. The van der Waals surface area contributed by atoms with Gasteiger partial charge in [-0.25, -0.2) is 0 Å². The number of alkyl halides is 3. The SMILES string of the molecule is CCOC(=O)Cc1ccc(OC(F)(F)F)c(OC)c1. The third-order valence-corrected chi connectivity index (χ3v) is 2.11. The van der Waals surface area contributed by atoms with Gasteiger partial charge in [-0.3, -0.25) is 4.79 Å². The Morgan fingerprint density at radius 1 is 1.26 bits per heavy atom. The molecule has 0 aromatic heterocycles. The average molecular weight is 278 g/mol. The molecule has 0 radical (unpaired) electrons. The van der Waals surface area contributed by atoms with Gasteiger partial charge in [-0.2, -0.15) is 0 Å². The van der Waals surface area contributed by atoms with Crippen molar-refractivity contribution in [3.05, 3.63) is 23.8 Å². The summed E-state index contributed by atoms with van der Waals surface area (Å²) in [6.45, 7) is 1.91. The third kappa shape index (κ3) is 5.07. The highest BCUT2D eigenvalue weighted by Crippen LogP contribution is 2.32. The number of carbonyl (C=O) groups is 1. The highest BCUT2D eigenvalue weighted by molar-refractivity contribution is 5.72. The summed E-state index contributed by atoms with van der Waals surface area (Å²) in [5.74, 6) is -1.02. The van der Waals surface area contributed by atoms with Crippen molar-refractivity contribution in [1.82, 2.24) is 0 Å². The number of halogens is 3. The van der Waals surface area contributed by atoms with Crippen molar-refractivity contribution >= 4 is 5.97 Å². The second kappa shape index (κ2) is 6.31. The molecule has 0 saturated heterocycles. The lowest BCUT2D eigenvalue weighted by Crippen LogP contribution is -2.17. The van der Waals surface area contributed by atoms with Crippen LogP contribution in [0.1, 0.15) is 12.5 Å². The van der Waals surface area contributed by atoms with Gasteiger partial charge in [0.1, 0.15) is 0 Å². The maximum absolute atomic E-state index is 12.1. The number of ether oxygens (including phenoxy) is 3. The zero-order valence-corrected chi connectivity index (χ0v) is 10.4. The van der Waals surface area contributed by atoms with E-state index in [2.05, 4.69) is 4.74 Å². The summed E-state index contributed by atoms with van der Waals surface area (Å²) in [5, 5.41) is 0. The smallest absolute Gasteiger partial charge is 0.493 e. The van der Waals surface area contributed by atoms with Crippen molar-refractivity contribution in [1.29, 1.82) is 0 Å². The van der Waals surface area contributed by atoms with Crippen LogP contribution in [-0.2, 0) is 16.0 Å². The molecule has 0 aliphatic rings. The molecule has 19 heavy (non-hydrogen) atoms. The lowest BCUT2D eigenvalue weighted by Gasteiger charge is -2.13. The van der Waals surface area contributed by atoms with Crippen LogP contribution in [0.15, 0.2) is 18.2 Å². The molecule has 0 N–H and O–H groups in total. The van der Waals surface area contributed by atoms with Gasteiger partial charge in [0.2, 0.25) is 0 Å². The van der Waals surface area contributed by atoms with Crippen molar-refractivity contribution in [3.63, 3.8) is 0 Å². The summed E-state index contributed by atoms with van der Waals surface area (Å²) < 4.78 is 49.7. The summed E-state index contributed by atoms with van der Waals surface area (Å²) in [5.41, 5.74) is 0.477. The first-order valence-electron chi connectivity index (χ1n) is 5.44. The predicted octanol–water partition coefficient (Wildman–Crippen LogP) is 2.70. The van der Waals surface area contributed by atoms with E-state index in [4.69, 9.17) is 9.47 Å². The summed E-state index contributed by atoms with van der Waals surface area (Å²) in [7, 11) is 1.21. The Morgan fingerprint density at radius 2 is 1.95 bits per heavy atom. The van der Waals surface area contributed by atoms with Crippen LogP contribution in [0.4, 0.5) is 13.2 Å². The number of hydrogen-bond donors (Lipinski definition) is 0. The Hall–Kier alpha value is -1.92. The maximum atomic E-state index is 12.1. The minimum Gasteiger partial charge on any atom is -0.493 e. The fourth-order valence-corrected chi connectivity index (χ4v) is 1.41. The zero-order chi connectivity index (χ0) is 14.5. The first-order chi connectivity index (χ1) is 8.85. The molecule has 106 valence electrons. The number of methoxy groups -OCH3 is 1. The molecule has 0 heterocycles. The van der Waals surface area contributed by atoms with Gasteiger partial charge < -0.3 is 14.2 Å². The molecule has 0 atom stereocenters. The molecule has 0 amide bonds. The first kappa shape index (κ1) is 15.1. The van der Waals surface area contributed by atoms with Crippen LogP contribution in [0.25, 0.3) is 0 Å². The van der Waals surface area contributed by atoms with E-state index in [-0.39, 0.29) is 18.8 Å². The quantitative estimate of drug-likeness (QED) is 0.777. The highest BCUT2D eigenvalue weighted by atomic mass is 19.4. The fraction of sp³-hybridized carbons (Fsp3) is 0.417. The van der Waals surface area contributed by atoms with E-state index in [0.29, 0.717) is 5.56 Å². The van der Waals surface area contributed by atoms with Gasteiger partial charge in [0, 0.05) is 0 Å². The molecule has 1 aromatic rings. The van der Waals surface area contributed by atoms with Crippen LogP contribution in [0.2, 0.25) is 0 Å². The average Bonchev–Trinajstić information content (AvgIpc) is 2.29. The molecule has 0 aliphatic heterocycles. The molecular weight excluding hydrogens is 265 g/mol. The number of rotatable bonds is 5. The van der Waals surface area contributed by atoms with Gasteiger partial charge in [0.15, 0.2) is 11.5 Å². The van der Waals surface area contributed by atoms with Gasteiger partial charge in [-0.15, -0.1) is 13.2 Å². The molecular formula is C12H13F3O4. The number of hydrogen-bond acceptors (Lipinski definition) is 4. The molecule has 0 unspecified atom stereocenters. The van der Waals surface area contributed by atoms with Crippen LogP contribution in [0, 0.1) is 0 Å². The van der Waals surface area contributed by atoms with Crippen molar-refractivity contribution in [2.24, 2.45) is 0 Å². The van der Waals surface area contributed by atoms with E-state index in [1.807, 2.05) is 0 Å². The molecule has 0 saturated carbocycles. The fourth-order valence-electron chi connectivity index (χ4n) is 1.41. The summed E-state index contributed by atoms with van der Waals surface area (Å²) in [6, 6.07) is 3.75. The Bertz CT molecular complexity index is 443. The second-order valence-electron chi connectivity index (χ2n) is 3.51. The second-order valence-corrected chi connectivity index (χ2v) is 3.51. The molecule has 1 aromatic carbocycles. The Labute approximate surface area is 108 Å². The van der Waals surface area contributed by atoms with Crippen molar-refractivity contribution in [2.45, 2.75) is 19.7 Å². The Kier molecular flexibility index (Phi) is 5.02. The lowest BCUT2D eigenvalue weighted by molar-refractivity contribution is -0.275. The van der Waals surface area contributed by atoms with E-state index >= 15 is 0 Å². The lowest BCUT2D eigenvalue weighted by atomic mass is 10.1. The molecule has 1 rings (SSSR count). The van der Waals surface area contributed by atoms with Crippen molar-refractivity contribution < 1.29 is 32.2 Å². The highest BCUT2D eigenvalue weighted by Gasteiger charge is 2.32. The van der Waals surface area contributed by atoms with Gasteiger partial charge in [-0.05, 0) is 24.6 Å². The molecule has 0 bridgehead atoms. The van der Waals surface area contributed by atoms with Crippen LogP contribution < -0.4 is 9.47 Å². The van der Waals surface area contributed by atoms with Gasteiger partial charge >= 0.3 is 12.3 Å². The molecule has 0 aliphatic carbocycles. The van der Waals surface area contributed by atoms with Crippen LogP contribution in [0.3, 0.4) is 0 Å². The topological polar surface area (TPSA) is 44.8 Å². The van der Waals surface area contributed by atoms with E-state index in [0.717, 1.165) is 6.07 Å². The van der Waals surface area contributed by atoms with Gasteiger partial charge in [0.05, 0.1) is 20.1 Å². The standard InChI is InChI=1S/C12H13F3O4/c1-3-18-11(16)7-8-4-5-9(10(6-8)17-2)19-12(13,14)15/h4-6H,3,7H2,1-2H3. The molecule has 0 spiro atoms. The van der Waals surface area contributed by atoms with E-state index in [9.17, 15) is 18.0 Å². The van der Waals surface area contributed by atoms with E-state index in [1.165, 1.54) is 19.2 Å². The van der Waals surface area contributed by atoms with Gasteiger partial charge in [-0.1, -0.05) is 6.07 Å². The van der Waals surface area contributed by atoms with Crippen LogP contribution in [0.5, 0.6) is 11.5 Å². The van der Waals surface area contributed by atoms with E-state index in [1.54, 1.807) is 6.92 Å². The maximum Gasteiger partial charge on any atom is 0.573 e. The summed E-state index contributed by atoms with van der Waals surface area (Å²) in [6.07, 6.45) is -4.84. The summed E-state index contributed by atoms with van der Waals surface area (Å²) >= 11 is 0. The van der Waals surface area contributed by atoms with Gasteiger partial charge in [0.25, 0.3) is 0 Å². The normalized spacial score (nSPS) is 11.0. The minimum atomic E-state index is -4.80. The minimum absolute atomic E-state index is 0.0451. The predicted molar refractivity (Wildman–Crippen MR) is 60.0 cm³/mol. The molecule has 7 heteroatoms. The van der Waals surface area contributed by atoms with Crippen molar-refractivity contribution in [2.75, 3.05) is 13.7 Å². The van der Waals surface area contributed by atoms with E-state index < -0.39 is 18.1 Å². The largest absolute Gasteiger partial charge is 0.573 e.